The Bertz CT molecular complexity index is 1670. The van der Waals surface area contributed by atoms with Crippen LogP contribution in [0.15, 0.2) is 91.1 Å². The van der Waals surface area contributed by atoms with Gasteiger partial charge in [0.1, 0.15) is 28.3 Å². The lowest BCUT2D eigenvalue weighted by Gasteiger charge is -2.17. The van der Waals surface area contributed by atoms with Crippen molar-refractivity contribution in [3.63, 3.8) is 0 Å². The first-order chi connectivity index (χ1) is 18.8. The van der Waals surface area contributed by atoms with E-state index in [9.17, 15) is 19.8 Å². The lowest BCUT2D eigenvalue weighted by atomic mass is 9.95. The summed E-state index contributed by atoms with van der Waals surface area (Å²) in [4.78, 5) is 29.8. The summed E-state index contributed by atoms with van der Waals surface area (Å²) in [5.41, 5.74) is 4.58. The summed E-state index contributed by atoms with van der Waals surface area (Å²) in [5.74, 6) is -1.65. The van der Waals surface area contributed by atoms with E-state index in [4.69, 9.17) is 23.2 Å². The average molecular weight is 560 g/mol. The molecule has 2 aromatic heterocycles. The molecule has 2 heterocycles. The van der Waals surface area contributed by atoms with Crippen LogP contribution in [0, 0.1) is 0 Å². The molecule has 39 heavy (non-hydrogen) atoms. The minimum Gasteiger partial charge on any atom is -0.508 e. The van der Waals surface area contributed by atoms with Gasteiger partial charge in [0.15, 0.2) is 0 Å². The van der Waals surface area contributed by atoms with Crippen molar-refractivity contribution in [1.82, 2.24) is 14.7 Å². The molecule has 0 radical (unpaired) electrons. The molecule has 0 saturated heterocycles. The van der Waals surface area contributed by atoms with Gasteiger partial charge >= 0.3 is 5.97 Å². The van der Waals surface area contributed by atoms with Crippen LogP contribution in [-0.4, -0.2) is 37.5 Å². The van der Waals surface area contributed by atoms with Crippen molar-refractivity contribution >= 4 is 40.7 Å². The zero-order valence-electron chi connectivity index (χ0n) is 20.5. The van der Waals surface area contributed by atoms with E-state index in [0.717, 1.165) is 16.7 Å². The predicted molar refractivity (Wildman–Crippen MR) is 151 cm³/mol. The van der Waals surface area contributed by atoms with Gasteiger partial charge in [0.25, 0.3) is 5.91 Å². The third-order valence-electron chi connectivity index (χ3n) is 6.39. The van der Waals surface area contributed by atoms with Crippen molar-refractivity contribution in [1.29, 1.82) is 0 Å². The van der Waals surface area contributed by atoms with Crippen molar-refractivity contribution < 1.29 is 19.8 Å². The minimum absolute atomic E-state index is 0.0400. The molecule has 1 atom stereocenters. The van der Waals surface area contributed by atoms with E-state index in [-0.39, 0.29) is 17.7 Å². The van der Waals surface area contributed by atoms with Gasteiger partial charge in [0, 0.05) is 23.2 Å². The summed E-state index contributed by atoms with van der Waals surface area (Å²) in [5, 5.41) is 23.5. The molecule has 0 unspecified atom stereocenters. The monoisotopic (exact) mass is 559 g/mol. The lowest BCUT2D eigenvalue weighted by Crippen LogP contribution is -2.42. The quantitative estimate of drug-likeness (QED) is 0.215. The Hall–Kier alpha value is -4.33. The molecule has 0 saturated carbocycles. The molecule has 196 valence electrons. The van der Waals surface area contributed by atoms with Crippen LogP contribution in [0.1, 0.15) is 27.0 Å². The fourth-order valence-corrected chi connectivity index (χ4v) is 4.81. The summed E-state index contributed by atoms with van der Waals surface area (Å²) in [6.45, 7) is 0. The second-order valence-electron chi connectivity index (χ2n) is 9.09. The van der Waals surface area contributed by atoms with Gasteiger partial charge in [-0.25, -0.2) is 9.78 Å². The molecule has 0 spiro atoms. The maximum absolute atomic E-state index is 13.1. The van der Waals surface area contributed by atoms with E-state index in [2.05, 4.69) is 10.3 Å². The predicted octanol–water partition coefficient (Wildman–Crippen LogP) is 6.03. The SMILES string of the molecule is O=C(N[C@@H](Cc1ccc(O)cc1Cc1ccccc1)C(=O)O)c1ccc2nc(-c3ccc(Cl)cc3)c(Cl)n2c1. The zero-order chi connectivity index (χ0) is 27.5. The molecular formula is C30H23Cl2N3O4. The van der Waals surface area contributed by atoms with Crippen molar-refractivity contribution in [2.75, 3.05) is 0 Å². The number of carboxylic acid groups (broad SMARTS) is 1. The maximum Gasteiger partial charge on any atom is 0.326 e. The molecule has 0 aliphatic rings. The second kappa shape index (κ2) is 11.2. The number of aromatic hydroxyl groups is 1. The summed E-state index contributed by atoms with van der Waals surface area (Å²) in [6.07, 6.45) is 2.08. The molecule has 0 aliphatic heterocycles. The van der Waals surface area contributed by atoms with Crippen molar-refractivity contribution in [3.8, 4) is 17.0 Å². The molecule has 3 N–H and O–H groups in total. The standard InChI is InChI=1S/C30H23Cl2N3O4/c31-23-10-6-19(7-11-23)27-28(32)35-17-21(9-13-26(35)34-27)29(37)33-25(30(38)39)16-20-8-12-24(36)15-22(20)14-18-4-2-1-3-5-18/h1-13,15,17,25,36H,14,16H2,(H,33,37)(H,38,39)/t25-/m0/s1. The van der Waals surface area contributed by atoms with Crippen molar-refractivity contribution in [3.05, 3.63) is 124 Å². The Morgan fingerprint density at radius 1 is 0.923 bits per heavy atom. The van der Waals surface area contributed by atoms with Crippen LogP contribution in [0.3, 0.4) is 0 Å². The van der Waals surface area contributed by atoms with Gasteiger partial charge < -0.3 is 15.5 Å². The van der Waals surface area contributed by atoms with Crippen LogP contribution < -0.4 is 5.32 Å². The van der Waals surface area contributed by atoms with Gasteiger partial charge in [0.05, 0.1) is 5.56 Å². The van der Waals surface area contributed by atoms with Gasteiger partial charge in [-0.2, -0.15) is 0 Å². The first-order valence-corrected chi connectivity index (χ1v) is 12.9. The number of nitrogens with zero attached hydrogens (tertiary/aromatic N) is 2. The maximum atomic E-state index is 13.1. The Kier molecular flexibility index (Phi) is 7.54. The van der Waals surface area contributed by atoms with Gasteiger partial charge in [-0.05, 0) is 59.5 Å². The Morgan fingerprint density at radius 2 is 1.67 bits per heavy atom. The number of aromatic nitrogens is 2. The number of amides is 1. The lowest BCUT2D eigenvalue weighted by molar-refractivity contribution is -0.139. The highest BCUT2D eigenvalue weighted by Gasteiger charge is 2.23. The molecule has 3 aromatic carbocycles. The molecule has 9 heteroatoms. The fourth-order valence-electron chi connectivity index (χ4n) is 4.40. The molecule has 0 bridgehead atoms. The number of hydrogen-bond acceptors (Lipinski definition) is 4. The number of imidazole rings is 1. The summed E-state index contributed by atoms with van der Waals surface area (Å²) < 4.78 is 1.58. The highest BCUT2D eigenvalue weighted by Crippen LogP contribution is 2.29. The topological polar surface area (TPSA) is 104 Å². The van der Waals surface area contributed by atoms with E-state index in [1.165, 1.54) is 12.3 Å². The number of fused-ring (bicyclic) bond motifs is 1. The van der Waals surface area contributed by atoms with Crippen LogP contribution >= 0.6 is 23.2 Å². The Labute approximate surface area is 234 Å². The number of pyridine rings is 1. The number of carboxylic acids is 1. The average Bonchev–Trinajstić information content (AvgIpc) is 3.26. The van der Waals surface area contributed by atoms with Gasteiger partial charge in [0.2, 0.25) is 0 Å². The van der Waals surface area contributed by atoms with Crippen LogP contribution in [0.2, 0.25) is 10.2 Å². The number of phenolic OH excluding ortho intramolecular Hbond substituents is 1. The van der Waals surface area contributed by atoms with Gasteiger partial charge in [-0.1, -0.05) is 71.7 Å². The smallest absolute Gasteiger partial charge is 0.326 e. The van der Waals surface area contributed by atoms with Gasteiger partial charge in [-0.15, -0.1) is 0 Å². The van der Waals surface area contributed by atoms with E-state index >= 15 is 0 Å². The second-order valence-corrected chi connectivity index (χ2v) is 9.88. The molecule has 0 fully saturated rings. The molecule has 5 aromatic rings. The number of nitrogens with one attached hydrogen (secondary N) is 1. The molecule has 1 amide bonds. The van der Waals surface area contributed by atoms with E-state index in [1.54, 1.807) is 52.9 Å². The fraction of sp³-hybridized carbons (Fsp3) is 0.100. The first-order valence-electron chi connectivity index (χ1n) is 12.1. The number of rotatable bonds is 8. The molecule has 0 aliphatic carbocycles. The molecule has 5 rings (SSSR count). The zero-order valence-corrected chi connectivity index (χ0v) is 22.0. The normalized spacial score (nSPS) is 11.8. The highest BCUT2D eigenvalue weighted by molar-refractivity contribution is 6.32. The van der Waals surface area contributed by atoms with E-state index in [1.807, 2.05) is 30.3 Å². The number of phenols is 1. The summed E-state index contributed by atoms with van der Waals surface area (Å²) in [6, 6.07) is 23.6. The van der Waals surface area contributed by atoms with Crippen LogP contribution in [0.4, 0.5) is 0 Å². The van der Waals surface area contributed by atoms with E-state index in [0.29, 0.717) is 33.5 Å². The Balaban J connectivity index is 1.38. The third-order valence-corrected chi connectivity index (χ3v) is 7.01. The number of benzene rings is 3. The van der Waals surface area contributed by atoms with Gasteiger partial charge in [-0.3, -0.25) is 9.20 Å². The molecular weight excluding hydrogens is 537 g/mol. The summed E-state index contributed by atoms with van der Waals surface area (Å²) in [7, 11) is 0. The third kappa shape index (κ3) is 5.90. The number of hydrogen-bond donors (Lipinski definition) is 3. The highest BCUT2D eigenvalue weighted by atomic mass is 35.5. The molecule has 7 nitrogen and oxygen atoms in total. The Morgan fingerprint density at radius 3 is 2.38 bits per heavy atom. The number of carbonyl (C=O) groups is 2. The summed E-state index contributed by atoms with van der Waals surface area (Å²) >= 11 is 12.6. The number of aliphatic carboxylic acids is 1. The van der Waals surface area contributed by atoms with Crippen molar-refractivity contribution in [2.45, 2.75) is 18.9 Å². The largest absolute Gasteiger partial charge is 0.508 e. The minimum atomic E-state index is -1.20. The first kappa shape index (κ1) is 26.3. The van der Waals surface area contributed by atoms with Crippen molar-refractivity contribution in [2.24, 2.45) is 0 Å². The number of halogens is 2. The number of carbonyl (C=O) groups excluding carboxylic acids is 1. The van der Waals surface area contributed by atoms with E-state index < -0.39 is 17.9 Å². The van der Waals surface area contributed by atoms with Crippen LogP contribution in [0.25, 0.3) is 16.9 Å². The van der Waals surface area contributed by atoms with Crippen LogP contribution in [-0.2, 0) is 17.6 Å². The van der Waals surface area contributed by atoms with Crippen LogP contribution in [0.5, 0.6) is 5.75 Å².